The molecule has 0 aromatic heterocycles. The number of nitrogens with one attached hydrogen (secondary N) is 3. The van der Waals surface area contributed by atoms with Gasteiger partial charge in [-0.15, -0.1) is 4.89 Å². The van der Waals surface area contributed by atoms with Crippen LogP contribution in [0.2, 0.25) is 0 Å². The lowest BCUT2D eigenvalue weighted by atomic mass is 9.90. The van der Waals surface area contributed by atoms with E-state index < -0.39 is 0 Å². The molecule has 1 fully saturated rings. The molecule has 1 aliphatic carbocycles. The van der Waals surface area contributed by atoms with Crippen LogP contribution in [-0.2, 0) is 9.68 Å². The van der Waals surface area contributed by atoms with Gasteiger partial charge in [0.05, 0.1) is 20.3 Å². The van der Waals surface area contributed by atoms with Crippen molar-refractivity contribution in [2.75, 3.05) is 32.6 Å². The molecule has 0 spiro atoms. The summed E-state index contributed by atoms with van der Waals surface area (Å²) in [5.41, 5.74) is 0.889. The molecule has 0 unspecified atom stereocenters. The largest absolute Gasteiger partial charge is 0.326 e. The number of hydrogen-bond donors (Lipinski definition) is 3. The minimum Gasteiger partial charge on any atom is -0.326 e. The molecule has 0 amide bonds. The van der Waals surface area contributed by atoms with Crippen LogP contribution < -0.4 is 15.5 Å². The maximum atomic E-state index is 8.92. The van der Waals surface area contributed by atoms with Crippen LogP contribution >= 0.6 is 11.9 Å². The third kappa shape index (κ3) is 10.9. The first-order chi connectivity index (χ1) is 14.8. The molecular formula is C21H36N6O2S. The highest BCUT2D eigenvalue weighted by Crippen LogP contribution is 2.23. The van der Waals surface area contributed by atoms with Crippen LogP contribution in [0.5, 0.6) is 0 Å². The summed E-state index contributed by atoms with van der Waals surface area (Å²) in [6.45, 7) is 2.18. The molecule has 0 aromatic carbocycles. The lowest BCUT2D eigenvalue weighted by molar-refractivity contribution is -0.0793. The quantitative estimate of drug-likeness (QED) is 0.0767. The van der Waals surface area contributed by atoms with E-state index in [4.69, 9.17) is 14.9 Å². The lowest BCUT2D eigenvalue weighted by Gasteiger charge is -2.20. The molecule has 1 heterocycles. The van der Waals surface area contributed by atoms with Crippen molar-refractivity contribution in [2.24, 2.45) is 10.9 Å². The topological polar surface area (TPSA) is 93.9 Å². The molecule has 0 radical (unpaired) electrons. The monoisotopic (exact) mass is 436 g/mol. The first-order valence-corrected chi connectivity index (χ1v) is 11.9. The second-order valence-corrected chi connectivity index (χ2v) is 8.37. The molecule has 9 heteroatoms. The van der Waals surface area contributed by atoms with Crippen molar-refractivity contribution in [1.29, 1.82) is 5.26 Å². The minimum atomic E-state index is 0.481. The maximum absolute atomic E-state index is 8.92. The van der Waals surface area contributed by atoms with Crippen LogP contribution in [0.3, 0.4) is 0 Å². The molecule has 8 nitrogen and oxygen atoms in total. The van der Waals surface area contributed by atoms with Crippen molar-refractivity contribution in [3.8, 4) is 6.19 Å². The van der Waals surface area contributed by atoms with E-state index in [2.05, 4.69) is 20.5 Å². The summed E-state index contributed by atoms with van der Waals surface area (Å²) >= 11 is 1.66. The maximum Gasteiger partial charge on any atom is 0.209 e. The molecule has 168 valence electrons. The fourth-order valence-corrected chi connectivity index (χ4v) is 4.01. The number of aliphatic imine (C=N–C) groups is 1. The third-order valence-electron chi connectivity index (χ3n) is 5.17. The van der Waals surface area contributed by atoms with Gasteiger partial charge in [0.25, 0.3) is 0 Å². The van der Waals surface area contributed by atoms with E-state index in [1.807, 2.05) is 24.5 Å². The van der Waals surface area contributed by atoms with Gasteiger partial charge in [-0.2, -0.15) is 5.26 Å². The van der Waals surface area contributed by atoms with Crippen molar-refractivity contribution in [2.45, 2.75) is 57.8 Å². The van der Waals surface area contributed by atoms with E-state index in [0.717, 1.165) is 43.2 Å². The number of allylic oxidation sites excluding steroid dienone is 1. The number of guanidine groups is 1. The van der Waals surface area contributed by atoms with Gasteiger partial charge in [-0.1, -0.05) is 44.1 Å². The van der Waals surface area contributed by atoms with E-state index in [1.165, 1.54) is 38.5 Å². The summed E-state index contributed by atoms with van der Waals surface area (Å²) in [5.74, 6) is 2.28. The number of unbranched alkanes of at least 4 members (excludes halogenated alkanes) is 3. The smallest absolute Gasteiger partial charge is 0.209 e. The Morgan fingerprint density at radius 1 is 1.27 bits per heavy atom. The highest BCUT2D eigenvalue weighted by Gasteiger charge is 2.13. The van der Waals surface area contributed by atoms with Gasteiger partial charge in [0.15, 0.2) is 6.19 Å². The van der Waals surface area contributed by atoms with Crippen LogP contribution in [0, 0.1) is 17.4 Å². The van der Waals surface area contributed by atoms with Crippen LogP contribution in [-0.4, -0.2) is 43.6 Å². The summed E-state index contributed by atoms with van der Waals surface area (Å²) in [6.07, 6.45) is 18.8. The molecule has 0 atom stereocenters. The highest BCUT2D eigenvalue weighted by molar-refractivity contribution is 7.97. The molecule has 1 saturated carbocycles. The van der Waals surface area contributed by atoms with E-state index in [0.29, 0.717) is 19.0 Å². The predicted octanol–water partition coefficient (Wildman–Crippen LogP) is 3.59. The highest BCUT2D eigenvalue weighted by atomic mass is 32.2. The van der Waals surface area contributed by atoms with E-state index in [1.54, 1.807) is 24.1 Å². The molecule has 30 heavy (non-hydrogen) atoms. The third-order valence-corrected chi connectivity index (χ3v) is 5.90. The first kappa shape index (κ1) is 24.5. The summed E-state index contributed by atoms with van der Waals surface area (Å²) < 4.78 is 0. The summed E-state index contributed by atoms with van der Waals surface area (Å²) in [6, 6.07) is 0. The van der Waals surface area contributed by atoms with Crippen LogP contribution in [0.4, 0.5) is 0 Å². The Balaban J connectivity index is 1.46. The van der Waals surface area contributed by atoms with Crippen molar-refractivity contribution in [3.05, 3.63) is 24.0 Å². The van der Waals surface area contributed by atoms with Gasteiger partial charge in [-0.25, -0.2) is 0 Å². The molecule has 0 bridgehead atoms. The van der Waals surface area contributed by atoms with Gasteiger partial charge in [0.2, 0.25) is 5.96 Å². The van der Waals surface area contributed by atoms with Gasteiger partial charge in [-0.3, -0.25) is 25.0 Å². The SMILES string of the molecule is CON1C=CC(NC(=NCCCCCCSNOCC2CCCCC2)NC#N)=CC1. The number of nitrogens with zero attached hydrogens (tertiary/aromatic N) is 3. The van der Waals surface area contributed by atoms with Gasteiger partial charge in [0.1, 0.15) is 0 Å². The van der Waals surface area contributed by atoms with Crippen LogP contribution in [0.25, 0.3) is 0 Å². The van der Waals surface area contributed by atoms with Crippen molar-refractivity contribution in [3.63, 3.8) is 0 Å². The Morgan fingerprint density at radius 3 is 2.83 bits per heavy atom. The van der Waals surface area contributed by atoms with Gasteiger partial charge >= 0.3 is 0 Å². The zero-order valence-corrected chi connectivity index (χ0v) is 18.9. The van der Waals surface area contributed by atoms with Crippen molar-refractivity contribution >= 4 is 17.9 Å². The molecule has 1 aliphatic heterocycles. The van der Waals surface area contributed by atoms with E-state index in [9.17, 15) is 0 Å². The molecule has 2 aliphatic rings. The number of hydroxylamine groups is 2. The van der Waals surface area contributed by atoms with Gasteiger partial charge in [-0.05, 0) is 43.8 Å². The van der Waals surface area contributed by atoms with Crippen LogP contribution in [0.15, 0.2) is 29.0 Å². The second-order valence-electron chi connectivity index (χ2n) is 7.51. The van der Waals surface area contributed by atoms with Crippen molar-refractivity contribution in [1.82, 2.24) is 20.6 Å². The zero-order valence-electron chi connectivity index (χ0n) is 18.1. The van der Waals surface area contributed by atoms with Crippen LogP contribution in [0.1, 0.15) is 57.8 Å². The number of hydrogen-bond acceptors (Lipinski definition) is 7. The Bertz CT molecular complexity index is 599. The summed E-state index contributed by atoms with van der Waals surface area (Å²) in [4.78, 5) is 18.2. The zero-order chi connectivity index (χ0) is 21.3. The number of rotatable bonds is 13. The Morgan fingerprint density at radius 2 is 2.10 bits per heavy atom. The molecule has 0 aromatic rings. The Hall–Kier alpha value is -1.73. The average molecular weight is 437 g/mol. The molecule has 2 rings (SSSR count). The lowest BCUT2D eigenvalue weighted by Crippen LogP contribution is -2.35. The Labute approximate surface area is 185 Å². The molecule has 3 N–H and O–H groups in total. The summed E-state index contributed by atoms with van der Waals surface area (Å²) in [5, 5.41) is 16.4. The minimum absolute atomic E-state index is 0.481. The Kier molecular flexibility index (Phi) is 13.1. The van der Waals surface area contributed by atoms with Crippen molar-refractivity contribution < 1.29 is 9.68 Å². The molecular weight excluding hydrogens is 400 g/mol. The fraction of sp³-hybridized carbons (Fsp3) is 0.714. The number of nitriles is 1. The standard InChI is InChI=1S/C21H36N6O2S/c1-28-27-14-11-20(12-15-27)25-21(24-18-22)23-13-7-2-3-8-16-30-26-29-17-19-9-5-4-6-10-19/h11-12,14,19,26H,2-10,13,15-17H2,1H3,(H2,23,24,25). The fourth-order valence-electron chi connectivity index (χ4n) is 3.43. The average Bonchev–Trinajstić information content (AvgIpc) is 2.78. The first-order valence-electron chi connectivity index (χ1n) is 11.0. The van der Waals surface area contributed by atoms with E-state index in [-0.39, 0.29) is 0 Å². The normalized spacial score (nSPS) is 17.5. The molecule has 0 saturated heterocycles. The van der Waals surface area contributed by atoms with Gasteiger partial charge in [0, 0.05) is 24.2 Å². The van der Waals surface area contributed by atoms with E-state index >= 15 is 0 Å². The predicted molar refractivity (Wildman–Crippen MR) is 122 cm³/mol. The second kappa shape index (κ2) is 16.0. The summed E-state index contributed by atoms with van der Waals surface area (Å²) in [7, 11) is 1.63. The van der Waals surface area contributed by atoms with Gasteiger partial charge < -0.3 is 5.32 Å².